The van der Waals surface area contributed by atoms with Crippen LogP contribution in [0.3, 0.4) is 0 Å². The van der Waals surface area contributed by atoms with E-state index in [-0.39, 0.29) is 53.1 Å². The minimum absolute atomic E-state index is 0.0553. The number of nitrogens with zero attached hydrogens (tertiary/aromatic N) is 1. The molecule has 0 aliphatic carbocycles. The van der Waals surface area contributed by atoms with Gasteiger partial charge >= 0.3 is 5.97 Å². The van der Waals surface area contributed by atoms with Gasteiger partial charge in [0.1, 0.15) is 5.75 Å². The van der Waals surface area contributed by atoms with Crippen LogP contribution < -0.4 is 9.46 Å². The van der Waals surface area contributed by atoms with E-state index in [0.29, 0.717) is 0 Å². The zero-order chi connectivity index (χ0) is 22.6. The number of benzene rings is 2. The number of carbonyl (C=O) groups excluding carboxylic acids is 1. The Bertz CT molecular complexity index is 1170. The fourth-order valence-corrected chi connectivity index (χ4v) is 5.52. The van der Waals surface area contributed by atoms with E-state index < -0.39 is 26.0 Å². The monoisotopic (exact) mass is 470 g/mol. The summed E-state index contributed by atoms with van der Waals surface area (Å²) in [6.45, 7) is 0.975. The molecule has 1 aliphatic heterocycles. The average molecular weight is 471 g/mol. The first-order valence-corrected chi connectivity index (χ1v) is 12.1. The number of methoxy groups -OCH3 is 2. The predicted molar refractivity (Wildman–Crippen MR) is 111 cm³/mol. The molecule has 1 saturated heterocycles. The normalized spacial score (nSPS) is 15.3. The van der Waals surface area contributed by atoms with Crippen molar-refractivity contribution in [3.05, 3.63) is 48.0 Å². The molecule has 1 N–H and O–H groups in total. The number of nitrogens with one attached hydrogen (secondary N) is 1. The maximum absolute atomic E-state index is 12.9. The molecule has 1 aliphatic rings. The molecule has 1 fully saturated rings. The van der Waals surface area contributed by atoms with E-state index in [1.807, 2.05) is 0 Å². The van der Waals surface area contributed by atoms with Gasteiger partial charge in [-0.15, -0.1) is 0 Å². The van der Waals surface area contributed by atoms with Gasteiger partial charge in [0.2, 0.25) is 10.0 Å². The van der Waals surface area contributed by atoms with Gasteiger partial charge in [-0.05, 0) is 36.4 Å². The van der Waals surface area contributed by atoms with Crippen LogP contribution in [0.15, 0.2) is 52.3 Å². The second kappa shape index (κ2) is 9.22. The number of anilines is 1. The minimum atomic E-state index is -4.16. The Morgan fingerprint density at radius 2 is 1.71 bits per heavy atom. The van der Waals surface area contributed by atoms with Gasteiger partial charge in [-0.25, -0.2) is 21.6 Å². The van der Waals surface area contributed by atoms with Crippen LogP contribution in [0.1, 0.15) is 10.4 Å². The van der Waals surface area contributed by atoms with Crippen molar-refractivity contribution in [2.45, 2.75) is 9.79 Å². The van der Waals surface area contributed by atoms with Crippen molar-refractivity contribution in [2.24, 2.45) is 0 Å². The van der Waals surface area contributed by atoms with E-state index in [0.717, 1.165) is 6.07 Å². The van der Waals surface area contributed by atoms with Crippen molar-refractivity contribution < 1.29 is 35.8 Å². The maximum Gasteiger partial charge on any atom is 0.337 e. The van der Waals surface area contributed by atoms with Gasteiger partial charge in [0.15, 0.2) is 0 Å². The summed E-state index contributed by atoms with van der Waals surface area (Å²) in [4.78, 5) is 11.4. The Balaban J connectivity index is 1.97. The van der Waals surface area contributed by atoms with Crippen LogP contribution in [0, 0.1) is 0 Å². The highest BCUT2D eigenvalue weighted by Gasteiger charge is 2.28. The SMILES string of the molecule is COC(=O)c1cccc(S(=O)(=O)Nc2cc(S(=O)(=O)N3CCOCC3)ccc2OC)c1. The molecular formula is C19H22N2O8S2. The third kappa shape index (κ3) is 4.98. The van der Waals surface area contributed by atoms with Crippen LogP contribution in [0.25, 0.3) is 0 Å². The lowest BCUT2D eigenvalue weighted by Gasteiger charge is -2.26. The summed E-state index contributed by atoms with van der Waals surface area (Å²) in [6, 6.07) is 9.20. The molecular weight excluding hydrogens is 448 g/mol. The van der Waals surface area contributed by atoms with Crippen LogP contribution in [-0.2, 0) is 29.5 Å². The number of hydrogen-bond donors (Lipinski definition) is 1. The first-order valence-electron chi connectivity index (χ1n) is 9.16. The summed E-state index contributed by atoms with van der Waals surface area (Å²) in [5.41, 5.74) is 0.00120. The van der Waals surface area contributed by atoms with E-state index >= 15 is 0 Å². The zero-order valence-corrected chi connectivity index (χ0v) is 18.5. The predicted octanol–water partition coefficient (Wildman–Crippen LogP) is 1.30. The van der Waals surface area contributed by atoms with Crippen molar-refractivity contribution in [3.8, 4) is 5.75 Å². The second-order valence-electron chi connectivity index (χ2n) is 6.50. The molecule has 0 bridgehead atoms. The van der Waals surface area contributed by atoms with E-state index in [1.54, 1.807) is 0 Å². The molecule has 0 unspecified atom stereocenters. The van der Waals surface area contributed by atoms with Crippen molar-refractivity contribution in [1.82, 2.24) is 4.31 Å². The average Bonchev–Trinajstić information content (AvgIpc) is 2.79. The van der Waals surface area contributed by atoms with Gasteiger partial charge in [-0.3, -0.25) is 4.72 Å². The Morgan fingerprint density at radius 1 is 1.00 bits per heavy atom. The van der Waals surface area contributed by atoms with E-state index in [1.165, 1.54) is 54.9 Å². The Kier molecular flexibility index (Phi) is 6.84. The molecule has 12 heteroatoms. The third-order valence-corrected chi connectivity index (χ3v) is 7.85. The molecule has 0 atom stereocenters. The Morgan fingerprint density at radius 3 is 2.35 bits per heavy atom. The molecule has 168 valence electrons. The number of morpholine rings is 1. The van der Waals surface area contributed by atoms with E-state index in [9.17, 15) is 21.6 Å². The first-order chi connectivity index (χ1) is 14.7. The second-order valence-corrected chi connectivity index (χ2v) is 10.1. The molecule has 0 aromatic heterocycles. The standard InChI is InChI=1S/C19H22N2O8S2/c1-27-18-7-6-16(31(25,26)21-8-10-29-11-9-21)13-17(18)20-30(23,24)15-5-3-4-14(12-15)19(22)28-2/h3-7,12-13,20H,8-11H2,1-2H3. The lowest BCUT2D eigenvalue weighted by molar-refractivity contribution is 0.0600. The van der Waals surface area contributed by atoms with Crippen LogP contribution in [0.4, 0.5) is 5.69 Å². The molecule has 10 nitrogen and oxygen atoms in total. The molecule has 0 radical (unpaired) electrons. The lowest BCUT2D eigenvalue weighted by Crippen LogP contribution is -2.40. The summed E-state index contributed by atoms with van der Waals surface area (Å²) in [6.07, 6.45) is 0. The largest absolute Gasteiger partial charge is 0.495 e. The van der Waals surface area contributed by atoms with Crippen LogP contribution in [-0.4, -0.2) is 67.6 Å². The topological polar surface area (TPSA) is 128 Å². The molecule has 2 aromatic rings. The highest BCUT2D eigenvalue weighted by molar-refractivity contribution is 7.92. The van der Waals surface area contributed by atoms with Gasteiger partial charge in [-0.2, -0.15) is 4.31 Å². The van der Waals surface area contributed by atoms with Gasteiger partial charge in [-0.1, -0.05) is 6.07 Å². The first kappa shape index (κ1) is 23.0. The lowest BCUT2D eigenvalue weighted by atomic mass is 10.2. The highest BCUT2D eigenvalue weighted by Crippen LogP contribution is 2.31. The quantitative estimate of drug-likeness (QED) is 0.600. The summed E-state index contributed by atoms with van der Waals surface area (Å²) in [7, 11) is -5.49. The molecule has 31 heavy (non-hydrogen) atoms. The van der Waals surface area contributed by atoms with Crippen molar-refractivity contribution in [1.29, 1.82) is 0 Å². The summed E-state index contributed by atoms with van der Waals surface area (Å²) in [5, 5.41) is 0. The van der Waals surface area contributed by atoms with Crippen LogP contribution >= 0.6 is 0 Å². The maximum atomic E-state index is 12.9. The molecule has 2 aromatic carbocycles. The summed E-state index contributed by atoms with van der Waals surface area (Å²) in [5.74, 6) is -0.554. The third-order valence-electron chi connectivity index (χ3n) is 4.59. The zero-order valence-electron chi connectivity index (χ0n) is 16.9. The Labute approximate surface area is 180 Å². The van der Waals surface area contributed by atoms with Crippen LogP contribution in [0.5, 0.6) is 5.75 Å². The Hall–Kier alpha value is -2.67. The molecule has 1 heterocycles. The summed E-state index contributed by atoms with van der Waals surface area (Å²) < 4.78 is 70.3. The molecule has 0 saturated carbocycles. The van der Waals surface area contributed by atoms with Gasteiger partial charge in [0.05, 0.1) is 48.5 Å². The van der Waals surface area contributed by atoms with E-state index in [2.05, 4.69) is 9.46 Å². The molecule has 0 spiro atoms. The minimum Gasteiger partial charge on any atom is -0.495 e. The van der Waals surface area contributed by atoms with Gasteiger partial charge in [0.25, 0.3) is 10.0 Å². The smallest absolute Gasteiger partial charge is 0.337 e. The van der Waals surface area contributed by atoms with Gasteiger partial charge in [0, 0.05) is 13.1 Å². The van der Waals surface area contributed by atoms with Crippen LogP contribution in [0.2, 0.25) is 0 Å². The molecule has 0 amide bonds. The number of ether oxygens (including phenoxy) is 3. The fourth-order valence-electron chi connectivity index (χ4n) is 2.98. The van der Waals surface area contributed by atoms with Crippen molar-refractivity contribution >= 4 is 31.7 Å². The fraction of sp³-hybridized carbons (Fsp3) is 0.316. The van der Waals surface area contributed by atoms with E-state index in [4.69, 9.17) is 9.47 Å². The number of carbonyl (C=O) groups is 1. The van der Waals surface area contributed by atoms with Gasteiger partial charge < -0.3 is 14.2 Å². The van der Waals surface area contributed by atoms with Crippen molar-refractivity contribution in [3.63, 3.8) is 0 Å². The highest BCUT2D eigenvalue weighted by atomic mass is 32.2. The van der Waals surface area contributed by atoms with Crippen molar-refractivity contribution in [2.75, 3.05) is 45.2 Å². The number of hydrogen-bond acceptors (Lipinski definition) is 8. The summed E-state index contributed by atoms with van der Waals surface area (Å²) >= 11 is 0. The number of sulfonamides is 2. The number of esters is 1. The molecule has 3 rings (SSSR count). The number of rotatable bonds is 7.